The average molecular weight is 259 g/mol. The Hall–Kier alpha value is -1.97. The third-order valence-electron chi connectivity index (χ3n) is 2.96. The third kappa shape index (κ3) is 3.50. The number of rotatable bonds is 6. The Balaban J connectivity index is 2.14. The van der Waals surface area contributed by atoms with Gasteiger partial charge in [-0.2, -0.15) is 5.10 Å². The highest BCUT2D eigenvalue weighted by atomic mass is 16.5. The lowest BCUT2D eigenvalue weighted by Gasteiger charge is -2.17. The molecular formula is C15H21N3O. The van der Waals surface area contributed by atoms with Gasteiger partial charge in [-0.25, -0.2) is 0 Å². The molecule has 4 heteroatoms. The largest absolute Gasteiger partial charge is 0.491 e. The maximum absolute atomic E-state index is 5.80. The second-order valence-corrected chi connectivity index (χ2v) is 4.73. The number of hydrogen-bond acceptors (Lipinski definition) is 3. The van der Waals surface area contributed by atoms with E-state index in [4.69, 9.17) is 4.74 Å². The minimum atomic E-state index is 0.161. The summed E-state index contributed by atoms with van der Waals surface area (Å²) in [4.78, 5) is 0. The monoisotopic (exact) mass is 259 g/mol. The zero-order valence-corrected chi connectivity index (χ0v) is 11.7. The number of aryl methyl sites for hydroxylation is 1. The Kier molecular flexibility index (Phi) is 4.44. The maximum atomic E-state index is 5.80. The summed E-state index contributed by atoms with van der Waals surface area (Å²) in [5.74, 6) is 0.910. The van der Waals surface area contributed by atoms with Crippen molar-refractivity contribution in [1.82, 2.24) is 10.2 Å². The number of nitrogens with one attached hydrogen (secondary N) is 2. The molecule has 0 radical (unpaired) electrons. The summed E-state index contributed by atoms with van der Waals surface area (Å²) in [5, 5.41) is 10.4. The second-order valence-electron chi connectivity index (χ2n) is 4.73. The fraction of sp³-hybridized carbons (Fsp3) is 0.400. The van der Waals surface area contributed by atoms with Crippen LogP contribution in [0, 0.1) is 6.92 Å². The number of anilines is 1. The fourth-order valence-electron chi connectivity index (χ4n) is 1.90. The molecule has 1 unspecified atom stereocenters. The highest BCUT2D eigenvalue weighted by Crippen LogP contribution is 2.29. The van der Waals surface area contributed by atoms with Crippen molar-refractivity contribution in [2.75, 3.05) is 11.9 Å². The zero-order valence-electron chi connectivity index (χ0n) is 11.7. The van der Waals surface area contributed by atoms with E-state index in [1.165, 1.54) is 5.56 Å². The molecule has 0 amide bonds. The van der Waals surface area contributed by atoms with Crippen molar-refractivity contribution in [1.29, 1.82) is 0 Å². The number of benzene rings is 1. The second kappa shape index (κ2) is 6.27. The van der Waals surface area contributed by atoms with Crippen LogP contribution in [0.15, 0.2) is 30.5 Å². The van der Waals surface area contributed by atoms with Gasteiger partial charge in [0.2, 0.25) is 0 Å². The molecule has 0 saturated carbocycles. The molecule has 4 nitrogen and oxygen atoms in total. The first-order valence-corrected chi connectivity index (χ1v) is 6.70. The SMILES string of the molecule is CCCOc1cc(C)ccc1NC(C)c1ccn[nH]1. The lowest BCUT2D eigenvalue weighted by molar-refractivity contribution is 0.318. The van der Waals surface area contributed by atoms with Crippen LogP contribution in [0.2, 0.25) is 0 Å². The Morgan fingerprint density at radius 1 is 1.37 bits per heavy atom. The number of ether oxygens (including phenoxy) is 1. The third-order valence-corrected chi connectivity index (χ3v) is 2.96. The van der Waals surface area contributed by atoms with Crippen LogP contribution in [0.1, 0.15) is 37.6 Å². The van der Waals surface area contributed by atoms with Crippen LogP contribution < -0.4 is 10.1 Å². The number of hydrogen-bond donors (Lipinski definition) is 2. The van der Waals surface area contributed by atoms with E-state index in [1.54, 1.807) is 6.20 Å². The van der Waals surface area contributed by atoms with Gasteiger partial charge >= 0.3 is 0 Å². The summed E-state index contributed by atoms with van der Waals surface area (Å²) in [6.45, 7) is 7.00. The standard InChI is InChI=1S/C15H21N3O/c1-4-9-19-15-10-11(2)5-6-14(15)17-12(3)13-7-8-16-18-13/h5-8,10,12,17H,4,9H2,1-3H3,(H,16,18). The highest BCUT2D eigenvalue weighted by molar-refractivity contribution is 5.58. The van der Waals surface area contributed by atoms with Crippen molar-refractivity contribution in [2.24, 2.45) is 0 Å². The van der Waals surface area contributed by atoms with Gasteiger partial charge in [-0.1, -0.05) is 13.0 Å². The number of H-pyrrole nitrogens is 1. The molecule has 0 fully saturated rings. The molecule has 2 N–H and O–H groups in total. The van der Waals surface area contributed by atoms with Gasteiger partial charge in [-0.3, -0.25) is 5.10 Å². The van der Waals surface area contributed by atoms with E-state index in [0.717, 1.165) is 30.2 Å². The van der Waals surface area contributed by atoms with E-state index in [0.29, 0.717) is 0 Å². The first-order valence-electron chi connectivity index (χ1n) is 6.70. The summed E-state index contributed by atoms with van der Waals surface area (Å²) < 4.78 is 5.80. The summed E-state index contributed by atoms with van der Waals surface area (Å²) in [5.41, 5.74) is 3.27. The molecule has 1 aromatic heterocycles. The van der Waals surface area contributed by atoms with E-state index in [9.17, 15) is 0 Å². The molecule has 19 heavy (non-hydrogen) atoms. The molecule has 1 aromatic carbocycles. The minimum absolute atomic E-state index is 0.161. The number of nitrogens with zero attached hydrogens (tertiary/aromatic N) is 1. The molecule has 1 atom stereocenters. The van der Waals surface area contributed by atoms with Gasteiger partial charge in [0.1, 0.15) is 5.75 Å². The Morgan fingerprint density at radius 3 is 2.89 bits per heavy atom. The summed E-state index contributed by atoms with van der Waals surface area (Å²) >= 11 is 0. The van der Waals surface area contributed by atoms with E-state index >= 15 is 0 Å². The van der Waals surface area contributed by atoms with E-state index in [2.05, 4.69) is 54.5 Å². The predicted molar refractivity (Wildman–Crippen MR) is 77.6 cm³/mol. The van der Waals surface area contributed by atoms with Crippen LogP contribution in [0.5, 0.6) is 5.75 Å². The molecule has 0 aliphatic carbocycles. The molecule has 0 spiro atoms. The first kappa shape index (κ1) is 13.5. The first-order chi connectivity index (χ1) is 9.20. The normalized spacial score (nSPS) is 12.2. The van der Waals surface area contributed by atoms with Gasteiger partial charge in [-0.15, -0.1) is 0 Å². The molecule has 0 aliphatic rings. The van der Waals surface area contributed by atoms with Crippen LogP contribution in [-0.2, 0) is 0 Å². The van der Waals surface area contributed by atoms with Crippen molar-refractivity contribution >= 4 is 5.69 Å². The van der Waals surface area contributed by atoms with Crippen molar-refractivity contribution in [2.45, 2.75) is 33.2 Å². The molecule has 102 valence electrons. The van der Waals surface area contributed by atoms with Crippen LogP contribution in [-0.4, -0.2) is 16.8 Å². The van der Waals surface area contributed by atoms with Gasteiger partial charge in [-0.05, 0) is 44.0 Å². The summed E-state index contributed by atoms with van der Waals surface area (Å²) in [6, 6.07) is 8.35. The molecule has 0 saturated heterocycles. The van der Waals surface area contributed by atoms with E-state index < -0.39 is 0 Å². The lowest BCUT2D eigenvalue weighted by Crippen LogP contribution is -2.09. The highest BCUT2D eigenvalue weighted by Gasteiger charge is 2.10. The van der Waals surface area contributed by atoms with Gasteiger partial charge in [0, 0.05) is 6.20 Å². The van der Waals surface area contributed by atoms with E-state index in [-0.39, 0.29) is 6.04 Å². The number of aromatic amines is 1. The molecule has 0 aliphatic heterocycles. The van der Waals surface area contributed by atoms with Crippen LogP contribution in [0.3, 0.4) is 0 Å². The van der Waals surface area contributed by atoms with Crippen molar-refractivity contribution in [3.05, 3.63) is 41.7 Å². The van der Waals surface area contributed by atoms with Gasteiger partial charge in [0.05, 0.1) is 24.0 Å². The van der Waals surface area contributed by atoms with Gasteiger partial charge in [0.15, 0.2) is 0 Å². The zero-order chi connectivity index (χ0) is 13.7. The van der Waals surface area contributed by atoms with E-state index in [1.807, 2.05) is 6.07 Å². The summed E-state index contributed by atoms with van der Waals surface area (Å²) in [7, 11) is 0. The quantitative estimate of drug-likeness (QED) is 0.832. The lowest BCUT2D eigenvalue weighted by atomic mass is 10.1. The van der Waals surface area contributed by atoms with Crippen molar-refractivity contribution < 1.29 is 4.74 Å². The van der Waals surface area contributed by atoms with Crippen LogP contribution >= 0.6 is 0 Å². The molecule has 0 bridgehead atoms. The fourth-order valence-corrected chi connectivity index (χ4v) is 1.90. The van der Waals surface area contributed by atoms with Gasteiger partial charge < -0.3 is 10.1 Å². The Morgan fingerprint density at radius 2 is 2.21 bits per heavy atom. The Labute approximate surface area is 114 Å². The Bertz CT molecular complexity index is 508. The van der Waals surface area contributed by atoms with Crippen molar-refractivity contribution in [3.8, 4) is 5.75 Å². The van der Waals surface area contributed by atoms with Crippen LogP contribution in [0.25, 0.3) is 0 Å². The van der Waals surface area contributed by atoms with Crippen molar-refractivity contribution in [3.63, 3.8) is 0 Å². The number of aromatic nitrogens is 2. The smallest absolute Gasteiger partial charge is 0.142 e. The summed E-state index contributed by atoms with van der Waals surface area (Å²) in [6.07, 6.45) is 2.76. The maximum Gasteiger partial charge on any atom is 0.142 e. The van der Waals surface area contributed by atoms with Crippen LogP contribution in [0.4, 0.5) is 5.69 Å². The molecule has 2 aromatic rings. The average Bonchev–Trinajstić information content (AvgIpc) is 2.93. The predicted octanol–water partition coefficient (Wildman–Crippen LogP) is 3.68. The molecular weight excluding hydrogens is 238 g/mol. The minimum Gasteiger partial charge on any atom is -0.491 e. The molecule has 2 rings (SSSR count). The topological polar surface area (TPSA) is 49.9 Å². The molecule has 1 heterocycles. The van der Waals surface area contributed by atoms with Gasteiger partial charge in [0.25, 0.3) is 0 Å².